The van der Waals surface area contributed by atoms with Crippen LogP contribution in [-0.2, 0) is 22.4 Å². The van der Waals surface area contributed by atoms with Gasteiger partial charge in [-0.1, -0.05) is 35.9 Å². The van der Waals surface area contributed by atoms with E-state index in [1.807, 2.05) is 25.1 Å². The van der Waals surface area contributed by atoms with E-state index in [4.69, 9.17) is 21.1 Å². The zero-order valence-electron chi connectivity index (χ0n) is 20.3. The van der Waals surface area contributed by atoms with Crippen LogP contribution in [0.15, 0.2) is 71.8 Å². The van der Waals surface area contributed by atoms with Crippen molar-refractivity contribution in [2.45, 2.75) is 32.5 Å². The molecule has 11 heteroatoms. The minimum Gasteiger partial charge on any atom is -0.490 e. The smallest absolute Gasteiger partial charge is 0.416 e. The topological polar surface area (TPSA) is 89.0 Å². The van der Waals surface area contributed by atoms with Gasteiger partial charge in [0.15, 0.2) is 11.5 Å². The average molecular weight is 548 g/mol. The van der Waals surface area contributed by atoms with Gasteiger partial charge in [-0.2, -0.15) is 18.3 Å². The molecule has 0 unspecified atom stereocenters. The van der Waals surface area contributed by atoms with E-state index in [1.165, 1.54) is 18.3 Å². The van der Waals surface area contributed by atoms with E-state index in [-0.39, 0.29) is 25.1 Å². The van der Waals surface area contributed by atoms with Crippen molar-refractivity contribution in [1.29, 1.82) is 0 Å². The third-order valence-electron chi connectivity index (χ3n) is 5.06. The van der Waals surface area contributed by atoms with Gasteiger partial charge >= 0.3 is 6.18 Å². The number of anilines is 1. The molecule has 38 heavy (non-hydrogen) atoms. The van der Waals surface area contributed by atoms with Crippen molar-refractivity contribution in [2.24, 2.45) is 5.10 Å². The Hall–Kier alpha value is -4.05. The van der Waals surface area contributed by atoms with Gasteiger partial charge in [-0.15, -0.1) is 0 Å². The summed E-state index contributed by atoms with van der Waals surface area (Å²) in [4.78, 5) is 24.1. The number of amides is 2. The maximum absolute atomic E-state index is 12.8. The summed E-state index contributed by atoms with van der Waals surface area (Å²) >= 11 is 6.17. The van der Waals surface area contributed by atoms with E-state index >= 15 is 0 Å². The lowest BCUT2D eigenvalue weighted by Crippen LogP contribution is -2.20. The highest BCUT2D eigenvalue weighted by molar-refractivity contribution is 6.31. The number of halogens is 4. The number of alkyl halides is 3. The van der Waals surface area contributed by atoms with Crippen molar-refractivity contribution < 1.29 is 32.2 Å². The summed E-state index contributed by atoms with van der Waals surface area (Å²) < 4.78 is 49.9. The first-order chi connectivity index (χ1) is 18.2. The van der Waals surface area contributed by atoms with Crippen LogP contribution in [-0.4, -0.2) is 24.6 Å². The second-order valence-corrected chi connectivity index (χ2v) is 8.35. The molecule has 3 aromatic rings. The fourth-order valence-electron chi connectivity index (χ4n) is 3.22. The van der Waals surface area contributed by atoms with E-state index in [2.05, 4.69) is 15.8 Å². The van der Waals surface area contributed by atoms with Crippen molar-refractivity contribution in [3.8, 4) is 11.5 Å². The van der Waals surface area contributed by atoms with Gasteiger partial charge in [0.05, 0.1) is 18.4 Å². The summed E-state index contributed by atoms with van der Waals surface area (Å²) in [6.07, 6.45) is -3.56. The first-order valence-corrected chi connectivity index (χ1v) is 12.0. The van der Waals surface area contributed by atoms with Gasteiger partial charge in [0.1, 0.15) is 6.61 Å². The predicted octanol–water partition coefficient (Wildman–Crippen LogP) is 6.21. The van der Waals surface area contributed by atoms with E-state index in [0.29, 0.717) is 28.7 Å². The SMILES string of the molecule is CCOc1cc(C=NNC(=O)CCC(=O)Nc2cccc(C(F)(F)F)c2)ccc1OCc1ccccc1Cl. The van der Waals surface area contributed by atoms with Crippen LogP contribution in [0.2, 0.25) is 5.02 Å². The Kier molecular flexibility index (Phi) is 10.1. The number of hydrogen-bond donors (Lipinski definition) is 2. The van der Waals surface area contributed by atoms with Crippen LogP contribution in [0, 0.1) is 0 Å². The Balaban J connectivity index is 1.50. The fourth-order valence-corrected chi connectivity index (χ4v) is 3.41. The van der Waals surface area contributed by atoms with E-state index in [9.17, 15) is 22.8 Å². The zero-order valence-corrected chi connectivity index (χ0v) is 21.1. The number of carbonyl (C=O) groups excluding carboxylic acids is 2. The molecule has 0 saturated heterocycles. The van der Waals surface area contributed by atoms with Gasteiger partial charge in [0.25, 0.3) is 0 Å². The van der Waals surface area contributed by atoms with Crippen LogP contribution < -0.4 is 20.2 Å². The van der Waals surface area contributed by atoms with Crippen LogP contribution in [0.25, 0.3) is 0 Å². The molecule has 0 spiro atoms. The number of nitrogens with zero attached hydrogens (tertiary/aromatic N) is 1. The van der Waals surface area contributed by atoms with Gasteiger partial charge in [-0.05, 0) is 55.0 Å². The van der Waals surface area contributed by atoms with Crippen molar-refractivity contribution in [3.63, 3.8) is 0 Å². The molecule has 3 aromatic carbocycles. The lowest BCUT2D eigenvalue weighted by Gasteiger charge is -2.13. The molecule has 200 valence electrons. The molecule has 0 aliphatic rings. The maximum Gasteiger partial charge on any atom is 0.416 e. The Morgan fingerprint density at radius 3 is 2.45 bits per heavy atom. The molecule has 0 heterocycles. The van der Waals surface area contributed by atoms with Crippen LogP contribution in [0.4, 0.5) is 18.9 Å². The molecule has 2 amide bonds. The Morgan fingerprint density at radius 2 is 1.71 bits per heavy atom. The van der Waals surface area contributed by atoms with Crippen LogP contribution >= 0.6 is 11.6 Å². The number of carbonyl (C=O) groups is 2. The third-order valence-corrected chi connectivity index (χ3v) is 5.43. The zero-order chi connectivity index (χ0) is 27.5. The van der Waals surface area contributed by atoms with Gasteiger partial charge < -0.3 is 14.8 Å². The molecular weight excluding hydrogens is 523 g/mol. The lowest BCUT2D eigenvalue weighted by molar-refractivity contribution is -0.137. The molecule has 3 rings (SSSR count). The van der Waals surface area contributed by atoms with Gasteiger partial charge in [-0.25, -0.2) is 5.43 Å². The summed E-state index contributed by atoms with van der Waals surface area (Å²) in [6, 6.07) is 16.7. The minimum atomic E-state index is -4.52. The highest BCUT2D eigenvalue weighted by Gasteiger charge is 2.30. The highest BCUT2D eigenvalue weighted by Crippen LogP contribution is 2.31. The molecule has 0 atom stereocenters. The minimum absolute atomic E-state index is 0.00681. The summed E-state index contributed by atoms with van der Waals surface area (Å²) in [7, 11) is 0. The van der Waals surface area contributed by atoms with Crippen molar-refractivity contribution in [2.75, 3.05) is 11.9 Å². The molecule has 2 N–H and O–H groups in total. The summed E-state index contributed by atoms with van der Waals surface area (Å²) in [5, 5.41) is 6.83. The molecule has 0 saturated carbocycles. The van der Waals surface area contributed by atoms with E-state index in [1.54, 1.807) is 24.3 Å². The van der Waals surface area contributed by atoms with E-state index in [0.717, 1.165) is 17.7 Å². The number of benzene rings is 3. The Labute approximate surface area is 222 Å². The fraction of sp³-hybridized carbons (Fsp3) is 0.222. The second-order valence-electron chi connectivity index (χ2n) is 7.94. The van der Waals surface area contributed by atoms with Crippen molar-refractivity contribution >= 4 is 35.3 Å². The number of rotatable bonds is 11. The summed E-state index contributed by atoms with van der Waals surface area (Å²) in [6.45, 7) is 2.49. The first-order valence-electron chi connectivity index (χ1n) is 11.6. The number of ether oxygens (including phenoxy) is 2. The Morgan fingerprint density at radius 1 is 0.947 bits per heavy atom. The van der Waals surface area contributed by atoms with Crippen LogP contribution in [0.1, 0.15) is 36.5 Å². The van der Waals surface area contributed by atoms with E-state index < -0.39 is 23.6 Å². The van der Waals surface area contributed by atoms with Gasteiger partial charge in [-0.3, -0.25) is 9.59 Å². The molecule has 0 aliphatic carbocycles. The molecule has 0 aromatic heterocycles. The Bertz CT molecular complexity index is 1300. The van der Waals surface area contributed by atoms with Crippen molar-refractivity contribution in [1.82, 2.24) is 5.43 Å². The standard InChI is InChI=1S/C27H25ClF3N3O4/c1-2-37-24-14-18(10-11-23(24)38-17-19-6-3-4-9-22(19)28)16-32-34-26(36)13-12-25(35)33-21-8-5-7-20(15-21)27(29,30)31/h3-11,14-16H,2,12-13,17H2,1H3,(H,33,35)(H,34,36). The largest absolute Gasteiger partial charge is 0.490 e. The first kappa shape index (κ1) is 28.5. The molecular formula is C27H25ClF3N3O4. The lowest BCUT2D eigenvalue weighted by atomic mass is 10.2. The summed E-state index contributed by atoms with van der Waals surface area (Å²) in [5.74, 6) is -0.136. The molecule has 0 radical (unpaired) electrons. The molecule has 0 aliphatic heterocycles. The monoisotopic (exact) mass is 547 g/mol. The quantitative estimate of drug-likeness (QED) is 0.221. The van der Waals surface area contributed by atoms with Crippen LogP contribution in [0.3, 0.4) is 0 Å². The third kappa shape index (κ3) is 8.81. The highest BCUT2D eigenvalue weighted by atomic mass is 35.5. The molecule has 7 nitrogen and oxygen atoms in total. The number of hydrogen-bond acceptors (Lipinski definition) is 5. The second kappa shape index (κ2) is 13.5. The average Bonchev–Trinajstić information content (AvgIpc) is 2.88. The predicted molar refractivity (Wildman–Crippen MR) is 138 cm³/mol. The normalized spacial score (nSPS) is 11.3. The maximum atomic E-state index is 12.8. The summed E-state index contributed by atoms with van der Waals surface area (Å²) in [5.41, 5.74) is 2.88. The molecule has 0 fully saturated rings. The van der Waals surface area contributed by atoms with Crippen molar-refractivity contribution in [3.05, 3.63) is 88.4 Å². The number of nitrogens with one attached hydrogen (secondary N) is 2. The van der Waals surface area contributed by atoms with Gasteiger partial charge in [0.2, 0.25) is 11.8 Å². The van der Waals surface area contributed by atoms with Crippen LogP contribution in [0.5, 0.6) is 11.5 Å². The van der Waals surface area contributed by atoms with Gasteiger partial charge in [0, 0.05) is 29.1 Å². The number of hydrazone groups is 1. The molecule has 0 bridgehead atoms.